The fraction of sp³-hybridized carbons (Fsp3) is 0.208. The molecule has 2 aromatic heterocycles. The highest BCUT2D eigenvalue weighted by atomic mass is 127. The van der Waals surface area contributed by atoms with Crippen LogP contribution in [0.4, 0.5) is 5.82 Å². The van der Waals surface area contributed by atoms with Crippen LogP contribution < -0.4 is 16.9 Å². The van der Waals surface area contributed by atoms with Crippen LogP contribution in [-0.4, -0.2) is 43.8 Å². The van der Waals surface area contributed by atoms with Crippen LogP contribution >= 0.6 is 22.6 Å². The highest BCUT2D eigenvalue weighted by molar-refractivity contribution is 14.1. The molecular formula is C24H24IN7O3. The van der Waals surface area contributed by atoms with E-state index in [0.717, 1.165) is 16.4 Å². The molecule has 1 saturated heterocycles. The molecule has 0 aliphatic carbocycles. The van der Waals surface area contributed by atoms with Crippen molar-refractivity contribution in [1.82, 2.24) is 19.5 Å². The molecule has 0 bridgehead atoms. The average molecular weight is 585 g/mol. The van der Waals surface area contributed by atoms with Crippen molar-refractivity contribution < 1.29 is 14.4 Å². The number of nitrogens with two attached hydrogens (primary N) is 2. The first-order valence-electron chi connectivity index (χ1n) is 10.9. The number of pyridine rings is 1. The first-order valence-corrected chi connectivity index (χ1v) is 12.0. The largest absolute Gasteiger partial charge is 0.364 e. The molecule has 0 spiro atoms. The van der Waals surface area contributed by atoms with Gasteiger partial charge in [-0.05, 0) is 72.2 Å². The lowest BCUT2D eigenvalue weighted by molar-refractivity contribution is -0.129. The predicted octanol–water partition coefficient (Wildman–Crippen LogP) is 2.85. The first kappa shape index (κ1) is 24.4. The summed E-state index contributed by atoms with van der Waals surface area (Å²) in [4.78, 5) is 47.8. The molecule has 0 unspecified atom stereocenters. The number of carbonyl (C=O) groups is 3. The third kappa shape index (κ3) is 5.04. The van der Waals surface area contributed by atoms with Gasteiger partial charge in [-0.3, -0.25) is 14.4 Å². The lowest BCUT2D eigenvalue weighted by Crippen LogP contribution is -2.39. The van der Waals surface area contributed by atoms with Gasteiger partial charge in [-0.1, -0.05) is 18.7 Å². The average Bonchev–Trinajstić information content (AvgIpc) is 3.20. The van der Waals surface area contributed by atoms with Gasteiger partial charge in [-0.15, -0.1) is 0 Å². The second kappa shape index (κ2) is 10.3. The fourth-order valence-electron chi connectivity index (χ4n) is 4.14. The summed E-state index contributed by atoms with van der Waals surface area (Å²) in [5, 5.41) is 2.75. The molecule has 3 amide bonds. The Labute approximate surface area is 215 Å². The number of aromatic nitrogens is 3. The van der Waals surface area contributed by atoms with Gasteiger partial charge in [0.1, 0.15) is 11.5 Å². The maximum Gasteiger partial charge on any atom is 0.269 e. The number of imidazole rings is 1. The van der Waals surface area contributed by atoms with Crippen molar-refractivity contribution in [3.63, 3.8) is 0 Å². The minimum Gasteiger partial charge on any atom is -0.364 e. The number of rotatable bonds is 6. The van der Waals surface area contributed by atoms with Gasteiger partial charge < -0.3 is 21.8 Å². The van der Waals surface area contributed by atoms with Gasteiger partial charge in [-0.25, -0.2) is 14.6 Å². The summed E-state index contributed by atoms with van der Waals surface area (Å²) in [7, 11) is 0. The number of anilines is 1. The van der Waals surface area contributed by atoms with Gasteiger partial charge in [0.2, 0.25) is 5.91 Å². The Morgan fingerprint density at radius 2 is 1.91 bits per heavy atom. The number of hydrogen-bond acceptors (Lipinski definition) is 6. The molecule has 0 saturated carbocycles. The Morgan fingerprint density at radius 1 is 1.17 bits per heavy atom. The zero-order valence-electron chi connectivity index (χ0n) is 18.8. The van der Waals surface area contributed by atoms with Crippen LogP contribution in [0.3, 0.4) is 0 Å². The number of halogens is 1. The first-order chi connectivity index (χ1) is 16.8. The van der Waals surface area contributed by atoms with Gasteiger partial charge in [0.25, 0.3) is 11.8 Å². The molecule has 180 valence electrons. The van der Waals surface area contributed by atoms with Crippen molar-refractivity contribution in [3.05, 3.63) is 75.9 Å². The van der Waals surface area contributed by atoms with Crippen molar-refractivity contribution in [1.29, 1.82) is 0 Å². The number of nitrogens with zero attached hydrogens (tertiary/aromatic N) is 4. The Kier molecular flexibility index (Phi) is 7.15. The number of amides is 3. The monoisotopic (exact) mass is 585 g/mol. The standard InChI is InChI=1S/C24H24IN7O3/c1-2-19(33)31-12-4-3-5-17(31)23-30-20(21(22(26)34)32(23)27)14-6-8-15(9-7-14)24(35)29-18-13-16(25)10-11-28-18/h2,6-11,13,17H,1,3-5,12,27H2,(H2,26,34)(H,28,29,35)/t17-/m0/s1. The Bertz CT molecular complexity index is 1300. The highest BCUT2D eigenvalue weighted by Crippen LogP contribution is 2.33. The van der Waals surface area contributed by atoms with Crippen LogP contribution in [0.1, 0.15) is 52.0 Å². The molecule has 10 nitrogen and oxygen atoms in total. The van der Waals surface area contributed by atoms with E-state index in [4.69, 9.17) is 11.6 Å². The summed E-state index contributed by atoms with van der Waals surface area (Å²) < 4.78 is 2.11. The lowest BCUT2D eigenvalue weighted by Gasteiger charge is -2.34. The maximum atomic E-state index is 12.6. The van der Waals surface area contributed by atoms with E-state index < -0.39 is 11.9 Å². The zero-order chi connectivity index (χ0) is 25.1. The SMILES string of the molecule is C=CC(=O)N1CCCC[C@H]1c1nc(-c2ccc(C(=O)Nc3cc(I)ccn3)cc2)c(C(N)=O)n1N. The van der Waals surface area contributed by atoms with Crippen molar-refractivity contribution in [2.45, 2.75) is 25.3 Å². The molecule has 3 aromatic rings. The van der Waals surface area contributed by atoms with Gasteiger partial charge >= 0.3 is 0 Å². The summed E-state index contributed by atoms with van der Waals surface area (Å²) in [6.07, 6.45) is 5.27. The molecule has 1 aliphatic rings. The molecule has 1 atom stereocenters. The summed E-state index contributed by atoms with van der Waals surface area (Å²) in [5.41, 5.74) is 6.92. The quantitative estimate of drug-likeness (QED) is 0.230. The lowest BCUT2D eigenvalue weighted by atomic mass is 10.0. The van der Waals surface area contributed by atoms with Crippen LogP contribution in [0.5, 0.6) is 0 Å². The molecule has 4 rings (SSSR count). The van der Waals surface area contributed by atoms with Crippen LogP contribution in [-0.2, 0) is 4.79 Å². The van der Waals surface area contributed by atoms with Crippen molar-refractivity contribution in [3.8, 4) is 11.3 Å². The number of nitrogens with one attached hydrogen (secondary N) is 1. The van der Waals surface area contributed by atoms with E-state index >= 15 is 0 Å². The van der Waals surface area contributed by atoms with E-state index in [-0.39, 0.29) is 23.2 Å². The Balaban J connectivity index is 1.65. The fourth-order valence-corrected chi connectivity index (χ4v) is 4.60. The maximum absolute atomic E-state index is 12.6. The predicted molar refractivity (Wildman–Crippen MR) is 140 cm³/mol. The second-order valence-corrected chi connectivity index (χ2v) is 9.29. The molecule has 1 aromatic carbocycles. The van der Waals surface area contributed by atoms with E-state index in [2.05, 4.69) is 44.5 Å². The second-order valence-electron chi connectivity index (χ2n) is 8.04. The number of carbonyl (C=O) groups excluding carboxylic acids is 3. The zero-order valence-corrected chi connectivity index (χ0v) is 20.9. The topological polar surface area (TPSA) is 149 Å². The molecule has 1 aliphatic heterocycles. The summed E-state index contributed by atoms with van der Waals surface area (Å²) >= 11 is 2.14. The van der Waals surface area contributed by atoms with Crippen LogP contribution in [0.15, 0.2) is 55.3 Å². The third-order valence-electron chi connectivity index (χ3n) is 5.81. The number of benzene rings is 1. The van der Waals surface area contributed by atoms with E-state index in [1.165, 1.54) is 10.8 Å². The van der Waals surface area contributed by atoms with Gasteiger partial charge in [0, 0.05) is 27.4 Å². The summed E-state index contributed by atoms with van der Waals surface area (Å²) in [6, 6.07) is 9.75. The minimum absolute atomic E-state index is 0.0248. The van der Waals surface area contributed by atoms with Crippen LogP contribution in [0, 0.1) is 3.57 Å². The number of piperidine rings is 1. The third-order valence-corrected chi connectivity index (χ3v) is 6.49. The van der Waals surface area contributed by atoms with Gasteiger partial charge in [0.15, 0.2) is 11.5 Å². The molecule has 35 heavy (non-hydrogen) atoms. The highest BCUT2D eigenvalue weighted by Gasteiger charge is 2.33. The summed E-state index contributed by atoms with van der Waals surface area (Å²) in [6.45, 7) is 4.12. The number of nitrogen functional groups attached to an aromatic ring is 1. The van der Waals surface area contributed by atoms with E-state index in [1.54, 1.807) is 41.4 Å². The number of hydrogen-bond donors (Lipinski definition) is 3. The number of primary amides is 1. The normalized spacial score (nSPS) is 15.5. The molecule has 11 heteroatoms. The minimum atomic E-state index is -0.745. The molecule has 3 heterocycles. The van der Waals surface area contributed by atoms with Crippen molar-refractivity contribution in [2.24, 2.45) is 5.73 Å². The Hall–Kier alpha value is -3.74. The van der Waals surface area contributed by atoms with E-state index in [0.29, 0.717) is 35.7 Å². The van der Waals surface area contributed by atoms with E-state index in [9.17, 15) is 14.4 Å². The smallest absolute Gasteiger partial charge is 0.269 e. The summed E-state index contributed by atoms with van der Waals surface area (Å²) in [5.74, 6) is 5.79. The van der Waals surface area contributed by atoms with Gasteiger partial charge in [0.05, 0.1) is 6.04 Å². The molecule has 1 fully saturated rings. The molecule has 0 radical (unpaired) electrons. The van der Waals surface area contributed by atoms with Gasteiger partial charge in [-0.2, -0.15) is 0 Å². The van der Waals surface area contributed by atoms with Crippen molar-refractivity contribution >= 4 is 46.1 Å². The van der Waals surface area contributed by atoms with Crippen molar-refractivity contribution in [2.75, 3.05) is 17.7 Å². The van der Waals surface area contributed by atoms with Crippen LogP contribution in [0.25, 0.3) is 11.3 Å². The Morgan fingerprint density at radius 3 is 2.57 bits per heavy atom. The molecular weight excluding hydrogens is 561 g/mol. The number of likely N-dealkylation sites (tertiary alicyclic amines) is 1. The molecule has 5 N–H and O–H groups in total. The van der Waals surface area contributed by atoms with E-state index in [1.807, 2.05) is 6.07 Å². The van der Waals surface area contributed by atoms with Crippen LogP contribution in [0.2, 0.25) is 0 Å².